The Morgan fingerprint density at radius 3 is 2.68 bits per heavy atom. The van der Waals surface area contributed by atoms with E-state index in [-0.39, 0.29) is 17.5 Å². The lowest BCUT2D eigenvalue weighted by atomic mass is 10.2. The van der Waals surface area contributed by atoms with Crippen LogP contribution in [0.2, 0.25) is 0 Å². The molecule has 0 saturated carbocycles. The number of carboxylic acid groups (broad SMARTS) is 1. The minimum atomic E-state index is -1.02. The fourth-order valence-electron chi connectivity index (χ4n) is 1.65. The van der Waals surface area contributed by atoms with E-state index in [2.05, 4.69) is 26.6 Å². The fourth-order valence-corrected chi connectivity index (χ4v) is 2.00. The normalized spacial score (nSPS) is 11.9. The minimum Gasteiger partial charge on any atom is -0.478 e. The van der Waals surface area contributed by atoms with Crippen LogP contribution in [0, 0.1) is 0 Å². The predicted octanol–water partition coefficient (Wildman–Crippen LogP) is 2.47. The third kappa shape index (κ3) is 5.00. The van der Waals surface area contributed by atoms with E-state index in [1.54, 1.807) is 6.07 Å². The van der Waals surface area contributed by atoms with Crippen molar-refractivity contribution in [2.45, 2.75) is 26.3 Å². The second-order valence-electron chi connectivity index (χ2n) is 4.21. The van der Waals surface area contributed by atoms with Crippen LogP contribution in [-0.2, 0) is 4.79 Å². The molecule has 0 bridgehead atoms. The molecule has 1 unspecified atom stereocenters. The van der Waals surface area contributed by atoms with Gasteiger partial charge in [-0.05, 0) is 47.6 Å². The first-order valence-corrected chi connectivity index (χ1v) is 6.79. The zero-order valence-corrected chi connectivity index (χ0v) is 12.5. The zero-order chi connectivity index (χ0) is 14.4. The molecule has 0 saturated heterocycles. The summed E-state index contributed by atoms with van der Waals surface area (Å²) < 4.78 is 0.655. The lowest BCUT2D eigenvalue weighted by Crippen LogP contribution is -2.30. The maximum absolute atomic E-state index is 11.8. The molecule has 5 nitrogen and oxygen atoms in total. The number of rotatable bonds is 6. The number of hydrogen-bond donors (Lipinski definition) is 3. The Balaban J connectivity index is 2.73. The number of anilines is 1. The smallest absolute Gasteiger partial charge is 0.335 e. The molecule has 1 amide bonds. The van der Waals surface area contributed by atoms with Crippen molar-refractivity contribution in [3.8, 4) is 0 Å². The van der Waals surface area contributed by atoms with Crippen LogP contribution in [0.3, 0.4) is 0 Å². The van der Waals surface area contributed by atoms with E-state index in [0.29, 0.717) is 16.6 Å². The SMILES string of the molecule is CCNC(C)CC(=O)Nc1cc(C(=O)O)ccc1Br. The van der Waals surface area contributed by atoms with E-state index < -0.39 is 5.97 Å². The number of nitrogens with one attached hydrogen (secondary N) is 2. The Morgan fingerprint density at radius 2 is 2.11 bits per heavy atom. The summed E-state index contributed by atoms with van der Waals surface area (Å²) in [6.45, 7) is 4.69. The monoisotopic (exact) mass is 328 g/mol. The van der Waals surface area contributed by atoms with Crippen LogP contribution in [0.4, 0.5) is 5.69 Å². The molecule has 0 aliphatic heterocycles. The molecule has 6 heteroatoms. The summed E-state index contributed by atoms with van der Waals surface area (Å²) in [6.07, 6.45) is 0.331. The Hall–Kier alpha value is -1.40. The van der Waals surface area contributed by atoms with Gasteiger partial charge in [0.25, 0.3) is 0 Å². The topological polar surface area (TPSA) is 78.4 Å². The molecule has 0 radical (unpaired) electrons. The number of carboxylic acids is 1. The van der Waals surface area contributed by atoms with Gasteiger partial charge in [-0.2, -0.15) is 0 Å². The molecular weight excluding hydrogens is 312 g/mol. The molecule has 104 valence electrons. The second kappa shape index (κ2) is 7.25. The van der Waals surface area contributed by atoms with Crippen molar-refractivity contribution in [2.75, 3.05) is 11.9 Å². The zero-order valence-electron chi connectivity index (χ0n) is 10.9. The molecule has 0 heterocycles. The standard InChI is InChI=1S/C13H17BrN2O3/c1-3-15-8(2)6-12(17)16-11-7-9(13(18)19)4-5-10(11)14/h4-5,7-8,15H,3,6H2,1-2H3,(H,16,17)(H,18,19). The van der Waals surface area contributed by atoms with Crippen molar-refractivity contribution in [2.24, 2.45) is 0 Å². The van der Waals surface area contributed by atoms with Crippen LogP contribution in [0.15, 0.2) is 22.7 Å². The predicted molar refractivity (Wildman–Crippen MR) is 77.5 cm³/mol. The lowest BCUT2D eigenvalue weighted by molar-refractivity contribution is -0.116. The average molecular weight is 329 g/mol. The highest BCUT2D eigenvalue weighted by molar-refractivity contribution is 9.10. The molecule has 0 aliphatic carbocycles. The van der Waals surface area contributed by atoms with Gasteiger partial charge in [0, 0.05) is 16.9 Å². The fraction of sp³-hybridized carbons (Fsp3) is 0.385. The number of hydrogen-bond acceptors (Lipinski definition) is 3. The van der Waals surface area contributed by atoms with E-state index in [4.69, 9.17) is 5.11 Å². The number of carbonyl (C=O) groups is 2. The van der Waals surface area contributed by atoms with E-state index in [1.165, 1.54) is 12.1 Å². The highest BCUT2D eigenvalue weighted by atomic mass is 79.9. The maximum Gasteiger partial charge on any atom is 0.335 e. The van der Waals surface area contributed by atoms with Crippen molar-refractivity contribution in [1.29, 1.82) is 0 Å². The van der Waals surface area contributed by atoms with Crippen LogP contribution in [0.1, 0.15) is 30.6 Å². The van der Waals surface area contributed by atoms with Crippen molar-refractivity contribution < 1.29 is 14.7 Å². The number of halogens is 1. The third-order valence-electron chi connectivity index (χ3n) is 2.53. The van der Waals surface area contributed by atoms with Gasteiger partial charge in [0.05, 0.1) is 11.3 Å². The van der Waals surface area contributed by atoms with E-state index in [9.17, 15) is 9.59 Å². The van der Waals surface area contributed by atoms with Crippen LogP contribution in [-0.4, -0.2) is 29.6 Å². The Morgan fingerprint density at radius 1 is 1.42 bits per heavy atom. The van der Waals surface area contributed by atoms with E-state index >= 15 is 0 Å². The highest BCUT2D eigenvalue weighted by Gasteiger charge is 2.12. The largest absolute Gasteiger partial charge is 0.478 e. The van der Waals surface area contributed by atoms with Crippen molar-refractivity contribution in [1.82, 2.24) is 5.32 Å². The van der Waals surface area contributed by atoms with Gasteiger partial charge in [0.2, 0.25) is 5.91 Å². The molecule has 1 aromatic rings. The molecule has 3 N–H and O–H groups in total. The van der Waals surface area contributed by atoms with Gasteiger partial charge in [0.15, 0.2) is 0 Å². The lowest BCUT2D eigenvalue weighted by Gasteiger charge is -2.13. The highest BCUT2D eigenvalue weighted by Crippen LogP contribution is 2.24. The Labute approximate surface area is 120 Å². The Kier molecular flexibility index (Phi) is 5.98. The van der Waals surface area contributed by atoms with Crippen LogP contribution in [0.25, 0.3) is 0 Å². The molecule has 0 spiro atoms. The average Bonchev–Trinajstić information content (AvgIpc) is 2.31. The van der Waals surface area contributed by atoms with Gasteiger partial charge >= 0.3 is 5.97 Å². The summed E-state index contributed by atoms with van der Waals surface area (Å²) >= 11 is 3.28. The summed E-state index contributed by atoms with van der Waals surface area (Å²) in [5.74, 6) is -1.18. The first-order valence-electron chi connectivity index (χ1n) is 6.00. The van der Waals surface area contributed by atoms with Crippen LogP contribution in [0.5, 0.6) is 0 Å². The molecule has 1 atom stereocenters. The summed E-state index contributed by atoms with van der Waals surface area (Å²) in [5.41, 5.74) is 0.604. The molecule has 1 rings (SSSR count). The van der Waals surface area contributed by atoms with Crippen molar-refractivity contribution in [3.05, 3.63) is 28.2 Å². The van der Waals surface area contributed by atoms with E-state index in [1.807, 2.05) is 13.8 Å². The molecule has 1 aromatic carbocycles. The van der Waals surface area contributed by atoms with Crippen LogP contribution < -0.4 is 10.6 Å². The van der Waals surface area contributed by atoms with E-state index in [0.717, 1.165) is 6.54 Å². The maximum atomic E-state index is 11.8. The second-order valence-corrected chi connectivity index (χ2v) is 5.07. The first kappa shape index (κ1) is 15.7. The summed E-state index contributed by atoms with van der Waals surface area (Å²) in [6, 6.07) is 4.59. The number of benzene rings is 1. The van der Waals surface area contributed by atoms with Gasteiger partial charge in [0.1, 0.15) is 0 Å². The minimum absolute atomic E-state index is 0.0754. The molecular formula is C13H17BrN2O3. The number of carbonyl (C=O) groups excluding carboxylic acids is 1. The van der Waals surface area contributed by atoms with Gasteiger partial charge < -0.3 is 15.7 Å². The van der Waals surface area contributed by atoms with Gasteiger partial charge in [-0.3, -0.25) is 4.79 Å². The number of amides is 1. The first-order chi connectivity index (χ1) is 8.93. The van der Waals surface area contributed by atoms with Crippen LogP contribution >= 0.6 is 15.9 Å². The molecule has 0 aliphatic rings. The molecule has 0 aromatic heterocycles. The van der Waals surface area contributed by atoms with Gasteiger partial charge in [-0.15, -0.1) is 0 Å². The van der Waals surface area contributed by atoms with Crippen molar-refractivity contribution >= 4 is 33.5 Å². The van der Waals surface area contributed by atoms with Gasteiger partial charge in [-0.1, -0.05) is 6.92 Å². The van der Waals surface area contributed by atoms with Crippen molar-refractivity contribution in [3.63, 3.8) is 0 Å². The third-order valence-corrected chi connectivity index (χ3v) is 3.22. The summed E-state index contributed by atoms with van der Waals surface area (Å²) in [4.78, 5) is 22.7. The Bertz CT molecular complexity index is 477. The van der Waals surface area contributed by atoms with Gasteiger partial charge in [-0.25, -0.2) is 4.79 Å². The number of aromatic carboxylic acids is 1. The molecule has 19 heavy (non-hydrogen) atoms. The summed E-state index contributed by atoms with van der Waals surface area (Å²) in [7, 11) is 0. The summed E-state index contributed by atoms with van der Waals surface area (Å²) in [5, 5.41) is 14.8. The molecule has 0 fully saturated rings. The quantitative estimate of drug-likeness (QED) is 0.749.